The van der Waals surface area contributed by atoms with Crippen LogP contribution in [0.2, 0.25) is 0 Å². The lowest BCUT2D eigenvalue weighted by Crippen LogP contribution is -2.46. The molecule has 1 unspecified atom stereocenters. The number of unbranched alkanes of at least 4 members (excludes halogenated alkanes) is 2. The lowest BCUT2D eigenvalue weighted by molar-refractivity contribution is -0.120. The molecular weight excluding hydrogens is 256 g/mol. The molecule has 0 spiro atoms. The van der Waals surface area contributed by atoms with Gasteiger partial charge >= 0.3 is 0 Å². The Kier molecular flexibility index (Phi) is 11.9. The van der Waals surface area contributed by atoms with Crippen LogP contribution in [0.3, 0.4) is 0 Å². The fourth-order valence-electron chi connectivity index (χ4n) is 1.72. The molecule has 6 heteroatoms. The van der Waals surface area contributed by atoms with Crippen molar-refractivity contribution in [2.24, 2.45) is 4.99 Å². The van der Waals surface area contributed by atoms with Gasteiger partial charge in [0.1, 0.15) is 0 Å². The lowest BCUT2D eigenvalue weighted by atomic mass is 10.1. The van der Waals surface area contributed by atoms with Gasteiger partial charge in [-0.2, -0.15) is 0 Å². The summed E-state index contributed by atoms with van der Waals surface area (Å²) in [4.78, 5) is 15.6. The van der Waals surface area contributed by atoms with Crippen LogP contribution in [-0.4, -0.2) is 51.8 Å². The first kappa shape index (κ1) is 18.7. The fraction of sp³-hybridized carbons (Fsp3) is 0.857. The number of guanidine groups is 1. The van der Waals surface area contributed by atoms with E-state index in [1.165, 1.54) is 19.3 Å². The minimum atomic E-state index is -0.0661. The molecule has 0 aromatic heterocycles. The van der Waals surface area contributed by atoms with Gasteiger partial charge in [0, 0.05) is 26.7 Å². The van der Waals surface area contributed by atoms with Crippen molar-refractivity contribution in [3.8, 4) is 0 Å². The summed E-state index contributed by atoms with van der Waals surface area (Å²) >= 11 is 0. The number of hydrogen-bond acceptors (Lipinski definition) is 3. The fourth-order valence-corrected chi connectivity index (χ4v) is 1.72. The van der Waals surface area contributed by atoms with Crippen LogP contribution >= 0.6 is 0 Å². The minimum Gasteiger partial charge on any atom is -0.383 e. The molecule has 0 fully saturated rings. The van der Waals surface area contributed by atoms with Gasteiger partial charge in [0.2, 0.25) is 5.91 Å². The highest BCUT2D eigenvalue weighted by atomic mass is 16.5. The number of ether oxygens (including phenoxy) is 1. The number of methoxy groups -OCH3 is 1. The van der Waals surface area contributed by atoms with Gasteiger partial charge < -0.3 is 20.7 Å². The first-order chi connectivity index (χ1) is 9.63. The van der Waals surface area contributed by atoms with E-state index >= 15 is 0 Å². The quantitative estimate of drug-likeness (QED) is 0.317. The highest BCUT2D eigenvalue weighted by Gasteiger charge is 2.06. The molecule has 3 N–H and O–H groups in total. The summed E-state index contributed by atoms with van der Waals surface area (Å²) in [6, 6.07) is 0.351. The third kappa shape index (κ3) is 10.6. The van der Waals surface area contributed by atoms with Crippen LogP contribution in [0.4, 0.5) is 0 Å². The lowest BCUT2D eigenvalue weighted by Gasteiger charge is -2.17. The first-order valence-electron chi connectivity index (χ1n) is 7.36. The molecule has 0 saturated heterocycles. The van der Waals surface area contributed by atoms with Crippen molar-refractivity contribution < 1.29 is 9.53 Å². The second kappa shape index (κ2) is 12.7. The zero-order chi connectivity index (χ0) is 15.2. The maximum atomic E-state index is 11.5. The topological polar surface area (TPSA) is 74.8 Å². The van der Waals surface area contributed by atoms with Gasteiger partial charge in [-0.25, -0.2) is 0 Å². The molecule has 0 bridgehead atoms. The summed E-state index contributed by atoms with van der Waals surface area (Å²) in [5, 5.41) is 9.03. The van der Waals surface area contributed by atoms with E-state index in [0.29, 0.717) is 25.2 Å². The Morgan fingerprint density at radius 2 is 2.05 bits per heavy atom. The van der Waals surface area contributed by atoms with Crippen molar-refractivity contribution in [2.75, 3.05) is 33.9 Å². The van der Waals surface area contributed by atoms with Gasteiger partial charge in [0.15, 0.2) is 5.96 Å². The minimum absolute atomic E-state index is 0.0661. The van der Waals surface area contributed by atoms with E-state index in [-0.39, 0.29) is 12.5 Å². The van der Waals surface area contributed by atoms with Gasteiger partial charge in [0.05, 0.1) is 13.2 Å². The van der Waals surface area contributed by atoms with Crippen molar-refractivity contribution >= 4 is 11.9 Å². The zero-order valence-electron chi connectivity index (χ0n) is 13.3. The van der Waals surface area contributed by atoms with Crippen LogP contribution in [-0.2, 0) is 9.53 Å². The second-order valence-corrected chi connectivity index (χ2v) is 4.81. The molecule has 0 aliphatic rings. The van der Waals surface area contributed by atoms with Crippen molar-refractivity contribution in [1.82, 2.24) is 16.0 Å². The third-order valence-electron chi connectivity index (χ3n) is 2.89. The monoisotopic (exact) mass is 286 g/mol. The molecule has 118 valence electrons. The smallest absolute Gasteiger partial charge is 0.239 e. The largest absolute Gasteiger partial charge is 0.383 e. The van der Waals surface area contributed by atoms with Crippen molar-refractivity contribution in [1.29, 1.82) is 0 Å². The van der Waals surface area contributed by atoms with Gasteiger partial charge in [-0.05, 0) is 13.3 Å². The summed E-state index contributed by atoms with van der Waals surface area (Å²) in [7, 11) is 3.31. The molecule has 0 aromatic rings. The van der Waals surface area contributed by atoms with E-state index in [1.54, 1.807) is 14.2 Å². The Morgan fingerprint density at radius 1 is 1.30 bits per heavy atom. The molecule has 0 saturated carbocycles. The van der Waals surface area contributed by atoms with Crippen molar-refractivity contribution in [3.05, 3.63) is 0 Å². The molecule has 20 heavy (non-hydrogen) atoms. The van der Waals surface area contributed by atoms with Crippen molar-refractivity contribution in [2.45, 2.75) is 45.6 Å². The zero-order valence-corrected chi connectivity index (χ0v) is 13.3. The number of rotatable bonds is 10. The molecule has 1 amide bonds. The van der Waals surface area contributed by atoms with Crippen LogP contribution < -0.4 is 16.0 Å². The Balaban J connectivity index is 3.83. The molecule has 0 radical (unpaired) electrons. The highest BCUT2D eigenvalue weighted by Crippen LogP contribution is 2.02. The van der Waals surface area contributed by atoms with E-state index in [4.69, 9.17) is 4.74 Å². The average Bonchev–Trinajstić information content (AvgIpc) is 2.44. The predicted octanol–water partition coefficient (Wildman–Crippen LogP) is 0.883. The first-order valence-corrected chi connectivity index (χ1v) is 7.36. The van der Waals surface area contributed by atoms with Crippen molar-refractivity contribution in [3.63, 3.8) is 0 Å². The highest BCUT2D eigenvalue weighted by molar-refractivity contribution is 5.86. The average molecular weight is 286 g/mol. The number of carbonyl (C=O) groups excluding carboxylic acids is 1. The summed E-state index contributed by atoms with van der Waals surface area (Å²) in [5.41, 5.74) is 0. The predicted molar refractivity (Wildman–Crippen MR) is 83.0 cm³/mol. The molecule has 0 aromatic carbocycles. The summed E-state index contributed by atoms with van der Waals surface area (Å²) in [5.74, 6) is 0.597. The molecule has 1 atom stereocenters. The number of nitrogens with zero attached hydrogens (tertiary/aromatic N) is 1. The van der Waals surface area contributed by atoms with E-state index in [1.807, 2.05) is 0 Å². The molecule has 0 aliphatic heterocycles. The van der Waals surface area contributed by atoms with Crippen LogP contribution in [0.1, 0.15) is 39.5 Å². The number of aliphatic imine (C=N–C) groups is 1. The third-order valence-corrected chi connectivity index (χ3v) is 2.89. The Hall–Kier alpha value is -1.30. The number of carbonyl (C=O) groups is 1. The summed E-state index contributed by atoms with van der Waals surface area (Å²) in [6.07, 6.45) is 4.79. The van der Waals surface area contributed by atoms with E-state index in [9.17, 15) is 4.79 Å². The van der Waals surface area contributed by atoms with Crippen LogP contribution in [0, 0.1) is 0 Å². The second-order valence-electron chi connectivity index (χ2n) is 4.81. The van der Waals surface area contributed by atoms with Crippen LogP contribution in [0.15, 0.2) is 4.99 Å². The number of nitrogens with one attached hydrogen (secondary N) is 3. The Bertz CT molecular complexity index is 282. The maximum Gasteiger partial charge on any atom is 0.239 e. The van der Waals surface area contributed by atoms with Gasteiger partial charge in [-0.1, -0.05) is 26.2 Å². The van der Waals surface area contributed by atoms with Crippen LogP contribution in [0.25, 0.3) is 0 Å². The van der Waals surface area contributed by atoms with Crippen LogP contribution in [0.5, 0.6) is 0 Å². The summed E-state index contributed by atoms with van der Waals surface area (Å²) < 4.78 is 4.87. The molecule has 0 rings (SSSR count). The SMILES string of the molecule is CCCCCC(C)NC(=NC)NCC(=O)NCCOC. The van der Waals surface area contributed by atoms with E-state index in [0.717, 1.165) is 6.42 Å². The van der Waals surface area contributed by atoms with Gasteiger partial charge in [-0.15, -0.1) is 0 Å². The maximum absolute atomic E-state index is 11.5. The Labute approximate surface area is 122 Å². The molecule has 0 aliphatic carbocycles. The standard InChI is InChI=1S/C14H30N4O2/c1-5-6-7-8-12(2)18-14(15-3)17-11-13(19)16-9-10-20-4/h12H,5-11H2,1-4H3,(H,16,19)(H2,15,17,18). The molecule has 0 heterocycles. The van der Waals surface area contributed by atoms with E-state index in [2.05, 4.69) is 34.8 Å². The Morgan fingerprint density at radius 3 is 2.65 bits per heavy atom. The molecule has 6 nitrogen and oxygen atoms in total. The van der Waals surface area contributed by atoms with E-state index < -0.39 is 0 Å². The number of hydrogen-bond donors (Lipinski definition) is 3. The van der Waals surface area contributed by atoms with Gasteiger partial charge in [0.25, 0.3) is 0 Å². The molecular formula is C14H30N4O2. The summed E-state index contributed by atoms with van der Waals surface area (Å²) in [6.45, 7) is 5.58. The normalized spacial score (nSPS) is 12.9. The van der Waals surface area contributed by atoms with Gasteiger partial charge in [-0.3, -0.25) is 9.79 Å². The number of amides is 1.